The minimum Gasteiger partial charge on any atom is -0.363 e. The summed E-state index contributed by atoms with van der Waals surface area (Å²) in [6, 6.07) is 0.498. The first kappa shape index (κ1) is 14.8. The van der Waals surface area contributed by atoms with Crippen LogP contribution >= 0.6 is 12.6 Å². The summed E-state index contributed by atoms with van der Waals surface area (Å²) in [7, 11) is 1.14. The third-order valence-electron chi connectivity index (χ3n) is 2.29. The SMILES string of the molecule is CC/C(=C/C(C)=NC[SiH3])N(CS)C(C)C. The van der Waals surface area contributed by atoms with Gasteiger partial charge in [0.05, 0.1) is 5.88 Å². The van der Waals surface area contributed by atoms with Gasteiger partial charge in [0.15, 0.2) is 0 Å². The second-order valence-electron chi connectivity index (χ2n) is 3.81. The molecule has 0 aromatic heterocycles. The molecule has 0 aromatic rings. The van der Waals surface area contributed by atoms with Crippen LogP contribution in [0.3, 0.4) is 0 Å². The first-order valence-corrected chi connectivity index (χ1v) is 7.70. The predicted molar refractivity (Wildman–Crippen MR) is 77.1 cm³/mol. The van der Waals surface area contributed by atoms with Gasteiger partial charge in [-0.15, -0.1) is 0 Å². The van der Waals surface area contributed by atoms with Crippen molar-refractivity contribution in [2.45, 2.75) is 40.2 Å². The van der Waals surface area contributed by atoms with Crippen molar-refractivity contribution in [3.05, 3.63) is 11.8 Å². The third kappa shape index (κ3) is 5.42. The number of thiol groups is 1. The Morgan fingerprint density at radius 1 is 1.53 bits per heavy atom. The van der Waals surface area contributed by atoms with E-state index in [2.05, 4.69) is 56.3 Å². The van der Waals surface area contributed by atoms with Gasteiger partial charge in [0.1, 0.15) is 0 Å². The van der Waals surface area contributed by atoms with Crippen LogP contribution < -0.4 is 0 Å². The van der Waals surface area contributed by atoms with E-state index in [-0.39, 0.29) is 0 Å². The molecule has 0 aliphatic heterocycles. The fourth-order valence-corrected chi connectivity index (χ4v) is 2.52. The van der Waals surface area contributed by atoms with Crippen LogP contribution in [0.4, 0.5) is 0 Å². The summed E-state index contributed by atoms with van der Waals surface area (Å²) < 4.78 is 0. The Kier molecular flexibility index (Phi) is 7.87. The second kappa shape index (κ2) is 7.99. The molecule has 0 rings (SSSR count). The molecule has 0 spiro atoms. The van der Waals surface area contributed by atoms with E-state index in [0.717, 1.165) is 34.4 Å². The second-order valence-corrected chi connectivity index (χ2v) is 4.73. The molecule has 2 nitrogen and oxygen atoms in total. The maximum absolute atomic E-state index is 4.44. The van der Waals surface area contributed by atoms with Gasteiger partial charge in [-0.25, -0.2) is 0 Å². The van der Waals surface area contributed by atoms with Crippen molar-refractivity contribution in [1.29, 1.82) is 0 Å². The average molecular weight is 244 g/mol. The molecule has 4 heteroatoms. The number of hydrogen-bond donors (Lipinski definition) is 1. The highest BCUT2D eigenvalue weighted by Gasteiger charge is 2.09. The van der Waals surface area contributed by atoms with Crippen LogP contribution in [0.1, 0.15) is 34.1 Å². The largest absolute Gasteiger partial charge is 0.363 e. The number of aliphatic imine (C=N–C) groups is 1. The molecule has 0 amide bonds. The highest BCUT2D eigenvalue weighted by Crippen LogP contribution is 2.14. The van der Waals surface area contributed by atoms with Crippen molar-refractivity contribution in [1.82, 2.24) is 4.90 Å². The van der Waals surface area contributed by atoms with Gasteiger partial charge in [-0.3, -0.25) is 4.99 Å². The van der Waals surface area contributed by atoms with Crippen LogP contribution in [0.2, 0.25) is 0 Å². The van der Waals surface area contributed by atoms with E-state index in [4.69, 9.17) is 0 Å². The summed E-state index contributed by atoms with van der Waals surface area (Å²) in [6.45, 7) is 8.64. The van der Waals surface area contributed by atoms with Crippen LogP contribution in [0.5, 0.6) is 0 Å². The zero-order valence-electron chi connectivity index (χ0n) is 10.6. The molecule has 0 N–H and O–H groups in total. The van der Waals surface area contributed by atoms with Crippen molar-refractivity contribution in [2.24, 2.45) is 4.99 Å². The lowest BCUT2D eigenvalue weighted by Crippen LogP contribution is -2.29. The molecule has 0 radical (unpaired) electrons. The van der Waals surface area contributed by atoms with E-state index in [1.165, 1.54) is 5.70 Å². The molecule has 0 heterocycles. The van der Waals surface area contributed by atoms with Gasteiger partial charge < -0.3 is 4.90 Å². The first-order chi connectivity index (χ1) is 7.06. The summed E-state index contributed by atoms with van der Waals surface area (Å²) in [5.74, 6) is 0.769. The number of rotatable bonds is 6. The Morgan fingerprint density at radius 3 is 2.47 bits per heavy atom. The maximum Gasteiger partial charge on any atom is 0.0610 e. The molecule has 0 atom stereocenters. The van der Waals surface area contributed by atoms with Crippen LogP contribution in [0.25, 0.3) is 0 Å². The normalized spacial score (nSPS) is 13.7. The standard InChI is InChI=1S/C11H24N2SSi/c1-5-11(6-10(4)12-7-15)13(8-14)9(2)3/h6,9,14H,5,7-8H2,1-4,15H3/b11-6-,12-10?. The van der Waals surface area contributed by atoms with Crippen LogP contribution in [0, 0.1) is 0 Å². The van der Waals surface area contributed by atoms with Gasteiger partial charge in [-0.05, 0) is 33.3 Å². The highest BCUT2D eigenvalue weighted by molar-refractivity contribution is 7.80. The van der Waals surface area contributed by atoms with Gasteiger partial charge in [-0.1, -0.05) is 6.92 Å². The van der Waals surface area contributed by atoms with E-state index in [1.807, 2.05) is 0 Å². The number of hydrogen-bond acceptors (Lipinski definition) is 3. The average Bonchev–Trinajstić information content (AvgIpc) is 2.17. The minimum absolute atomic E-state index is 0.498. The monoisotopic (exact) mass is 244 g/mol. The van der Waals surface area contributed by atoms with Gasteiger partial charge >= 0.3 is 0 Å². The molecule has 0 aliphatic rings. The van der Waals surface area contributed by atoms with E-state index in [0.29, 0.717) is 6.04 Å². The van der Waals surface area contributed by atoms with Crippen LogP contribution in [-0.2, 0) is 0 Å². The Bertz CT molecular complexity index is 237. The summed E-state index contributed by atoms with van der Waals surface area (Å²) in [6.07, 6.45) is 4.21. The molecule has 0 saturated heterocycles. The fraction of sp³-hybridized carbons (Fsp3) is 0.727. The van der Waals surface area contributed by atoms with Crippen LogP contribution in [0.15, 0.2) is 16.8 Å². The zero-order valence-corrected chi connectivity index (χ0v) is 13.5. The lowest BCUT2D eigenvalue weighted by Gasteiger charge is -2.29. The predicted octanol–water partition coefficient (Wildman–Crippen LogP) is 1.66. The molecule has 0 unspecified atom stereocenters. The highest BCUT2D eigenvalue weighted by atomic mass is 32.1. The molecule has 0 fully saturated rings. The molecule has 0 aromatic carbocycles. The van der Waals surface area contributed by atoms with E-state index >= 15 is 0 Å². The van der Waals surface area contributed by atoms with Gasteiger partial charge in [-0.2, -0.15) is 12.6 Å². The van der Waals surface area contributed by atoms with Crippen molar-refractivity contribution in [3.63, 3.8) is 0 Å². The van der Waals surface area contributed by atoms with Gasteiger partial charge in [0, 0.05) is 33.9 Å². The summed E-state index contributed by atoms with van der Waals surface area (Å²) in [4.78, 5) is 6.74. The fourth-order valence-electron chi connectivity index (χ4n) is 1.51. The molecule has 0 saturated carbocycles. The first-order valence-electron chi connectivity index (χ1n) is 5.65. The smallest absolute Gasteiger partial charge is 0.0610 e. The Hall–Kier alpha value is -0.223. The summed E-state index contributed by atoms with van der Waals surface area (Å²) in [5, 5.41) is 0. The summed E-state index contributed by atoms with van der Waals surface area (Å²) >= 11 is 4.37. The Labute approximate surface area is 103 Å². The summed E-state index contributed by atoms with van der Waals surface area (Å²) in [5.41, 5.74) is 2.46. The van der Waals surface area contributed by atoms with Crippen molar-refractivity contribution >= 4 is 28.6 Å². The third-order valence-corrected chi connectivity index (χ3v) is 2.91. The van der Waals surface area contributed by atoms with Crippen molar-refractivity contribution in [2.75, 3.05) is 12.0 Å². The van der Waals surface area contributed by atoms with Gasteiger partial charge in [0.2, 0.25) is 0 Å². The van der Waals surface area contributed by atoms with E-state index in [9.17, 15) is 0 Å². The zero-order chi connectivity index (χ0) is 11.8. The molecular weight excluding hydrogens is 220 g/mol. The van der Waals surface area contributed by atoms with E-state index in [1.54, 1.807) is 0 Å². The Balaban J connectivity index is 4.79. The molecule has 15 heavy (non-hydrogen) atoms. The lowest BCUT2D eigenvalue weighted by molar-refractivity contribution is 0.324. The maximum atomic E-state index is 4.44. The van der Waals surface area contributed by atoms with Crippen LogP contribution in [-0.4, -0.2) is 38.9 Å². The van der Waals surface area contributed by atoms with Crippen molar-refractivity contribution in [3.8, 4) is 0 Å². The number of allylic oxidation sites excluding steroid dienone is 2. The minimum atomic E-state index is 0.498. The van der Waals surface area contributed by atoms with Gasteiger partial charge in [0.25, 0.3) is 0 Å². The Morgan fingerprint density at radius 2 is 2.13 bits per heavy atom. The number of nitrogens with zero attached hydrogens (tertiary/aromatic N) is 2. The lowest BCUT2D eigenvalue weighted by atomic mass is 10.2. The van der Waals surface area contributed by atoms with Crippen molar-refractivity contribution < 1.29 is 0 Å². The molecular formula is C11H24N2SSi. The molecule has 0 bridgehead atoms. The van der Waals surface area contributed by atoms with E-state index < -0.39 is 0 Å². The topological polar surface area (TPSA) is 15.6 Å². The molecule has 0 aliphatic carbocycles. The quantitative estimate of drug-likeness (QED) is 0.325. The molecule has 88 valence electrons.